The molecule has 0 saturated carbocycles. The van der Waals surface area contributed by atoms with Gasteiger partial charge in [0, 0.05) is 18.0 Å². The normalized spacial score (nSPS) is 11.2. The molecule has 0 atom stereocenters. The number of carbonyl (C=O) groups is 1. The number of benzene rings is 2. The van der Waals surface area contributed by atoms with Gasteiger partial charge in [0.05, 0.1) is 17.6 Å². The number of aromatic amines is 1. The molecule has 0 aliphatic heterocycles. The van der Waals surface area contributed by atoms with Crippen LogP contribution in [0.25, 0.3) is 0 Å². The molecule has 0 bridgehead atoms. The minimum absolute atomic E-state index is 0.0403. The topological polar surface area (TPSA) is 76.2 Å². The summed E-state index contributed by atoms with van der Waals surface area (Å²) in [6.45, 7) is 0. The van der Waals surface area contributed by atoms with Gasteiger partial charge in [0.2, 0.25) is 9.84 Å². The molecule has 1 heterocycles. The molecule has 0 amide bonds. The summed E-state index contributed by atoms with van der Waals surface area (Å²) in [6.07, 6.45) is 2.74. The highest BCUT2D eigenvalue weighted by atomic mass is 32.2. The Morgan fingerprint density at radius 3 is 2.25 bits per heavy atom. The average Bonchev–Trinajstić information content (AvgIpc) is 3.12. The average molecular weight is 341 g/mol. The van der Waals surface area contributed by atoms with Gasteiger partial charge < -0.3 is 9.72 Å². The second-order valence-electron chi connectivity index (χ2n) is 5.11. The molecular weight excluding hydrogens is 326 g/mol. The minimum Gasteiger partial charge on any atom is -0.497 e. The van der Waals surface area contributed by atoms with Crippen molar-refractivity contribution in [2.24, 2.45) is 0 Å². The zero-order chi connectivity index (χ0) is 17.2. The van der Waals surface area contributed by atoms with Crippen LogP contribution in [0, 0.1) is 0 Å². The van der Waals surface area contributed by atoms with Crippen molar-refractivity contribution >= 4 is 15.6 Å². The van der Waals surface area contributed by atoms with E-state index in [4.69, 9.17) is 4.74 Å². The first-order chi connectivity index (χ1) is 11.5. The molecule has 1 N–H and O–H groups in total. The molecule has 122 valence electrons. The van der Waals surface area contributed by atoms with Crippen LogP contribution < -0.4 is 4.74 Å². The van der Waals surface area contributed by atoms with Crippen LogP contribution in [0.15, 0.2) is 76.8 Å². The van der Waals surface area contributed by atoms with E-state index in [2.05, 4.69) is 4.98 Å². The molecule has 5 nitrogen and oxygen atoms in total. The van der Waals surface area contributed by atoms with Gasteiger partial charge in [0.15, 0.2) is 5.78 Å². The highest BCUT2D eigenvalue weighted by Crippen LogP contribution is 2.27. The van der Waals surface area contributed by atoms with E-state index in [9.17, 15) is 13.2 Å². The quantitative estimate of drug-likeness (QED) is 0.724. The van der Waals surface area contributed by atoms with Crippen LogP contribution in [0.5, 0.6) is 5.75 Å². The van der Waals surface area contributed by atoms with Crippen molar-refractivity contribution in [1.29, 1.82) is 0 Å². The highest BCUT2D eigenvalue weighted by molar-refractivity contribution is 7.91. The smallest absolute Gasteiger partial charge is 0.208 e. The summed E-state index contributed by atoms with van der Waals surface area (Å²) in [4.78, 5) is 15.4. The summed E-state index contributed by atoms with van der Waals surface area (Å²) in [5.41, 5.74) is 0.556. The number of carbonyl (C=O) groups excluding carboxylic acids is 1. The fraction of sp³-hybridized carbons (Fsp3) is 0.0556. The van der Waals surface area contributed by atoms with E-state index < -0.39 is 9.84 Å². The Labute approximate surface area is 139 Å². The van der Waals surface area contributed by atoms with Gasteiger partial charge in [-0.15, -0.1) is 0 Å². The monoisotopic (exact) mass is 341 g/mol. The van der Waals surface area contributed by atoms with E-state index in [1.54, 1.807) is 42.5 Å². The van der Waals surface area contributed by atoms with E-state index in [1.165, 1.54) is 31.6 Å². The van der Waals surface area contributed by atoms with Crippen LogP contribution >= 0.6 is 0 Å². The Hall–Kier alpha value is -2.86. The van der Waals surface area contributed by atoms with Crippen LogP contribution in [-0.4, -0.2) is 26.3 Å². The molecule has 0 spiro atoms. The van der Waals surface area contributed by atoms with Gasteiger partial charge in [-0.25, -0.2) is 8.42 Å². The first-order valence-corrected chi connectivity index (χ1v) is 8.68. The van der Waals surface area contributed by atoms with E-state index >= 15 is 0 Å². The molecule has 0 saturated heterocycles. The predicted octanol–water partition coefficient (Wildman–Crippen LogP) is 3.09. The van der Waals surface area contributed by atoms with Crippen LogP contribution in [0.1, 0.15) is 15.9 Å². The summed E-state index contributed by atoms with van der Waals surface area (Å²) in [5, 5.41) is 0. The van der Waals surface area contributed by atoms with Gasteiger partial charge in [-0.05, 0) is 24.3 Å². The van der Waals surface area contributed by atoms with E-state index in [0.717, 1.165) is 0 Å². The molecule has 6 heteroatoms. The lowest BCUT2D eigenvalue weighted by molar-refractivity contribution is 0.103. The van der Waals surface area contributed by atoms with Gasteiger partial charge in [-0.3, -0.25) is 4.79 Å². The van der Waals surface area contributed by atoms with Crippen molar-refractivity contribution in [3.05, 3.63) is 78.1 Å². The summed E-state index contributed by atoms with van der Waals surface area (Å²) in [6, 6.07) is 14.6. The first kappa shape index (κ1) is 16.0. The van der Waals surface area contributed by atoms with Gasteiger partial charge in [-0.1, -0.05) is 30.3 Å². The number of sulfone groups is 1. The molecule has 3 aromatic rings. The van der Waals surface area contributed by atoms with Crippen LogP contribution in [0.4, 0.5) is 0 Å². The zero-order valence-corrected chi connectivity index (χ0v) is 13.7. The van der Waals surface area contributed by atoms with Crippen molar-refractivity contribution in [1.82, 2.24) is 4.98 Å². The molecular formula is C18H15NO4S. The number of hydrogen-bond acceptors (Lipinski definition) is 4. The van der Waals surface area contributed by atoms with Crippen molar-refractivity contribution in [3.8, 4) is 5.75 Å². The van der Waals surface area contributed by atoms with Crippen LogP contribution in [-0.2, 0) is 9.84 Å². The molecule has 0 fully saturated rings. The number of aromatic nitrogens is 1. The van der Waals surface area contributed by atoms with Crippen LogP contribution in [0.3, 0.4) is 0 Å². The van der Waals surface area contributed by atoms with Crippen molar-refractivity contribution in [3.63, 3.8) is 0 Å². The third-order valence-corrected chi connectivity index (χ3v) is 5.46. The Kier molecular flexibility index (Phi) is 4.22. The number of nitrogens with one attached hydrogen (secondary N) is 1. The summed E-state index contributed by atoms with van der Waals surface area (Å²) < 4.78 is 30.7. The number of hydrogen-bond donors (Lipinski definition) is 1. The summed E-state index contributed by atoms with van der Waals surface area (Å²) >= 11 is 0. The van der Waals surface area contributed by atoms with Crippen molar-refractivity contribution in [2.75, 3.05) is 7.11 Å². The molecule has 2 aromatic carbocycles. The summed E-state index contributed by atoms with van der Waals surface area (Å²) in [5.74, 6) is 0.215. The predicted molar refractivity (Wildman–Crippen MR) is 89.1 cm³/mol. The second-order valence-corrected chi connectivity index (χ2v) is 7.03. The van der Waals surface area contributed by atoms with Gasteiger partial charge in [-0.2, -0.15) is 0 Å². The Morgan fingerprint density at radius 2 is 1.62 bits per heavy atom. The molecule has 0 aliphatic rings. The molecule has 3 rings (SSSR count). The van der Waals surface area contributed by atoms with Crippen molar-refractivity contribution < 1.29 is 17.9 Å². The highest BCUT2D eigenvalue weighted by Gasteiger charge is 2.26. The molecule has 0 unspecified atom stereocenters. The van der Waals surface area contributed by atoms with Gasteiger partial charge in [0.1, 0.15) is 10.6 Å². The standard InChI is InChI=1S/C18H15NO4S/c1-23-14-7-9-15(10-8-14)24(21,22)17-12-19-11-16(17)18(20)13-5-3-2-4-6-13/h2-12,19H,1H3. The van der Waals surface area contributed by atoms with E-state index in [0.29, 0.717) is 11.3 Å². The van der Waals surface area contributed by atoms with Crippen LogP contribution in [0.2, 0.25) is 0 Å². The first-order valence-electron chi connectivity index (χ1n) is 7.19. The molecule has 24 heavy (non-hydrogen) atoms. The Bertz CT molecular complexity index is 958. The number of H-pyrrole nitrogens is 1. The number of methoxy groups -OCH3 is 1. The number of ether oxygens (including phenoxy) is 1. The Balaban J connectivity index is 2.04. The Morgan fingerprint density at radius 1 is 0.958 bits per heavy atom. The number of ketones is 1. The zero-order valence-electron chi connectivity index (χ0n) is 12.9. The third kappa shape index (κ3) is 2.83. The molecule has 1 aromatic heterocycles. The number of rotatable bonds is 5. The largest absolute Gasteiger partial charge is 0.497 e. The maximum atomic E-state index is 12.8. The molecule has 0 radical (unpaired) electrons. The fourth-order valence-electron chi connectivity index (χ4n) is 2.38. The lowest BCUT2D eigenvalue weighted by Crippen LogP contribution is -2.08. The SMILES string of the molecule is COc1ccc(S(=O)(=O)c2c[nH]cc2C(=O)c2ccccc2)cc1. The van der Waals surface area contributed by atoms with Crippen molar-refractivity contribution in [2.45, 2.75) is 9.79 Å². The maximum Gasteiger partial charge on any atom is 0.208 e. The fourth-order valence-corrected chi connectivity index (χ4v) is 3.79. The van der Waals surface area contributed by atoms with E-state index in [1.807, 2.05) is 0 Å². The summed E-state index contributed by atoms with van der Waals surface area (Å²) in [7, 11) is -2.31. The lowest BCUT2D eigenvalue weighted by Gasteiger charge is -2.07. The van der Waals surface area contributed by atoms with Gasteiger partial charge in [0.25, 0.3) is 0 Å². The molecule has 0 aliphatic carbocycles. The minimum atomic E-state index is -3.81. The van der Waals surface area contributed by atoms with Gasteiger partial charge >= 0.3 is 0 Å². The third-order valence-electron chi connectivity index (χ3n) is 3.65. The second kappa shape index (κ2) is 6.33. The van der Waals surface area contributed by atoms with E-state index in [-0.39, 0.29) is 21.1 Å². The lowest BCUT2D eigenvalue weighted by atomic mass is 10.1. The maximum absolute atomic E-state index is 12.8.